The standard InChI is InChI=1S/C17H18N2OS/c1-5-6-7-14(4)20-16-9-8-15(11-17(16)21)19-13(3)10-12(2)18-19/h5-11,21H,1,4H2,2-3H3/b7-6-. The van der Waals surface area contributed by atoms with E-state index in [1.807, 2.05) is 42.8 Å². The van der Waals surface area contributed by atoms with Gasteiger partial charge in [0.1, 0.15) is 11.5 Å². The van der Waals surface area contributed by atoms with E-state index in [2.05, 4.69) is 30.9 Å². The third-order valence-electron chi connectivity index (χ3n) is 2.86. The first-order valence-electron chi connectivity index (χ1n) is 6.54. The summed E-state index contributed by atoms with van der Waals surface area (Å²) >= 11 is 4.47. The third kappa shape index (κ3) is 3.67. The first kappa shape index (κ1) is 15.2. The number of hydrogen-bond donors (Lipinski definition) is 1. The lowest BCUT2D eigenvalue weighted by atomic mass is 10.3. The van der Waals surface area contributed by atoms with Gasteiger partial charge in [-0.2, -0.15) is 5.10 Å². The summed E-state index contributed by atoms with van der Waals surface area (Å²) in [5.74, 6) is 1.19. The molecule has 0 radical (unpaired) electrons. The van der Waals surface area contributed by atoms with Crippen LogP contribution in [0.15, 0.2) is 66.3 Å². The second kappa shape index (κ2) is 6.50. The molecule has 0 aliphatic carbocycles. The molecule has 0 bridgehead atoms. The molecule has 0 atom stereocenters. The van der Waals surface area contributed by atoms with Crippen molar-refractivity contribution in [1.82, 2.24) is 9.78 Å². The molecule has 108 valence electrons. The molecular weight excluding hydrogens is 280 g/mol. The molecule has 0 aliphatic rings. The Kier molecular flexibility index (Phi) is 4.70. The van der Waals surface area contributed by atoms with E-state index >= 15 is 0 Å². The van der Waals surface area contributed by atoms with Gasteiger partial charge in [-0.05, 0) is 44.2 Å². The lowest BCUT2D eigenvalue weighted by molar-refractivity contribution is 0.436. The van der Waals surface area contributed by atoms with Crippen molar-refractivity contribution in [2.45, 2.75) is 18.7 Å². The largest absolute Gasteiger partial charge is 0.457 e. The lowest BCUT2D eigenvalue weighted by Crippen LogP contribution is -2.00. The van der Waals surface area contributed by atoms with E-state index in [1.165, 1.54) is 0 Å². The van der Waals surface area contributed by atoms with Crippen molar-refractivity contribution in [1.29, 1.82) is 0 Å². The lowest BCUT2D eigenvalue weighted by Gasteiger charge is -2.10. The molecule has 2 aromatic rings. The SMILES string of the molecule is C=C/C=C\C(=C)Oc1ccc(-n2nc(C)cc2C)cc1S. The zero-order chi connectivity index (χ0) is 15.4. The minimum atomic E-state index is 0.532. The summed E-state index contributed by atoms with van der Waals surface area (Å²) in [5, 5.41) is 4.45. The molecule has 0 saturated carbocycles. The summed E-state index contributed by atoms with van der Waals surface area (Å²) in [7, 11) is 0. The predicted molar refractivity (Wildman–Crippen MR) is 89.4 cm³/mol. The summed E-state index contributed by atoms with van der Waals surface area (Å²) in [6, 6.07) is 7.76. The van der Waals surface area contributed by atoms with Crippen molar-refractivity contribution in [2.75, 3.05) is 0 Å². The van der Waals surface area contributed by atoms with E-state index in [0.717, 1.165) is 22.0 Å². The number of allylic oxidation sites excluding steroid dienone is 3. The van der Waals surface area contributed by atoms with Gasteiger partial charge in [0.25, 0.3) is 0 Å². The Bertz CT molecular complexity index is 714. The van der Waals surface area contributed by atoms with Crippen LogP contribution < -0.4 is 4.74 Å². The maximum absolute atomic E-state index is 5.64. The zero-order valence-electron chi connectivity index (χ0n) is 12.2. The van der Waals surface area contributed by atoms with Gasteiger partial charge in [-0.3, -0.25) is 0 Å². The highest BCUT2D eigenvalue weighted by Crippen LogP contribution is 2.27. The Labute approximate surface area is 130 Å². The van der Waals surface area contributed by atoms with Crippen molar-refractivity contribution in [3.05, 3.63) is 72.8 Å². The Morgan fingerprint density at radius 1 is 1.33 bits per heavy atom. The number of aryl methyl sites for hydroxylation is 2. The van der Waals surface area contributed by atoms with Crippen LogP contribution in [0.2, 0.25) is 0 Å². The molecule has 0 spiro atoms. The van der Waals surface area contributed by atoms with Crippen LogP contribution in [-0.4, -0.2) is 9.78 Å². The van der Waals surface area contributed by atoms with E-state index in [0.29, 0.717) is 11.5 Å². The van der Waals surface area contributed by atoms with Crippen LogP contribution in [0.5, 0.6) is 5.75 Å². The van der Waals surface area contributed by atoms with Crippen LogP contribution in [0.25, 0.3) is 5.69 Å². The minimum absolute atomic E-state index is 0.532. The van der Waals surface area contributed by atoms with Crippen molar-refractivity contribution in [3.63, 3.8) is 0 Å². The summed E-state index contributed by atoms with van der Waals surface area (Å²) in [4.78, 5) is 0.730. The van der Waals surface area contributed by atoms with Crippen molar-refractivity contribution < 1.29 is 4.74 Å². The van der Waals surface area contributed by atoms with E-state index in [4.69, 9.17) is 4.74 Å². The first-order chi connectivity index (χ1) is 10.0. The third-order valence-corrected chi connectivity index (χ3v) is 3.21. The van der Waals surface area contributed by atoms with Crippen molar-refractivity contribution >= 4 is 12.6 Å². The molecule has 1 aromatic heterocycles. The summed E-state index contributed by atoms with van der Waals surface area (Å²) < 4.78 is 7.52. The Morgan fingerprint density at radius 3 is 2.67 bits per heavy atom. The molecule has 0 aliphatic heterocycles. The number of nitrogens with zero attached hydrogens (tertiary/aromatic N) is 2. The number of rotatable bonds is 5. The molecule has 0 fully saturated rings. The Balaban J connectivity index is 2.25. The quantitative estimate of drug-likeness (QED) is 0.503. The fraction of sp³-hybridized carbons (Fsp3) is 0.118. The predicted octanol–water partition coefficient (Wildman–Crippen LogP) is 4.41. The van der Waals surface area contributed by atoms with Gasteiger partial charge in [-0.1, -0.05) is 25.3 Å². The normalized spacial score (nSPS) is 10.8. The summed E-state index contributed by atoms with van der Waals surface area (Å²) in [5.41, 5.74) is 3.01. The minimum Gasteiger partial charge on any atom is -0.457 e. The highest BCUT2D eigenvalue weighted by atomic mass is 32.1. The monoisotopic (exact) mass is 298 g/mol. The van der Waals surface area contributed by atoms with Crippen LogP contribution in [-0.2, 0) is 0 Å². The van der Waals surface area contributed by atoms with Gasteiger partial charge < -0.3 is 4.74 Å². The number of aromatic nitrogens is 2. The van der Waals surface area contributed by atoms with E-state index in [1.54, 1.807) is 18.2 Å². The number of ether oxygens (including phenoxy) is 1. The molecule has 0 unspecified atom stereocenters. The maximum atomic E-state index is 5.64. The molecular formula is C17H18N2OS. The molecule has 1 heterocycles. The molecule has 21 heavy (non-hydrogen) atoms. The average molecular weight is 298 g/mol. The molecule has 1 aromatic carbocycles. The second-order valence-corrected chi connectivity index (χ2v) is 5.14. The number of benzene rings is 1. The van der Waals surface area contributed by atoms with Gasteiger partial charge in [0.2, 0.25) is 0 Å². The van der Waals surface area contributed by atoms with Crippen molar-refractivity contribution in [2.24, 2.45) is 0 Å². The fourth-order valence-corrected chi connectivity index (χ4v) is 2.22. The highest BCUT2D eigenvalue weighted by Gasteiger charge is 2.07. The van der Waals surface area contributed by atoms with E-state index in [-0.39, 0.29) is 0 Å². The number of thiol groups is 1. The van der Waals surface area contributed by atoms with Gasteiger partial charge >= 0.3 is 0 Å². The van der Waals surface area contributed by atoms with Crippen LogP contribution in [0, 0.1) is 13.8 Å². The van der Waals surface area contributed by atoms with Gasteiger partial charge in [-0.25, -0.2) is 4.68 Å². The van der Waals surface area contributed by atoms with Gasteiger partial charge in [0, 0.05) is 10.6 Å². The smallest absolute Gasteiger partial charge is 0.140 e. The molecule has 0 N–H and O–H groups in total. The van der Waals surface area contributed by atoms with Crippen LogP contribution in [0.4, 0.5) is 0 Å². The van der Waals surface area contributed by atoms with Gasteiger partial charge in [0.05, 0.1) is 11.4 Å². The second-order valence-electron chi connectivity index (χ2n) is 4.65. The Hall–Kier alpha value is -2.20. The molecule has 2 rings (SSSR count). The average Bonchev–Trinajstić information content (AvgIpc) is 2.77. The molecule has 4 heteroatoms. The molecule has 0 saturated heterocycles. The van der Waals surface area contributed by atoms with Crippen LogP contribution in [0.3, 0.4) is 0 Å². The number of hydrogen-bond acceptors (Lipinski definition) is 3. The highest BCUT2D eigenvalue weighted by molar-refractivity contribution is 7.80. The van der Waals surface area contributed by atoms with Gasteiger partial charge in [-0.15, -0.1) is 12.6 Å². The fourth-order valence-electron chi connectivity index (χ4n) is 1.96. The molecule has 3 nitrogen and oxygen atoms in total. The first-order valence-corrected chi connectivity index (χ1v) is 6.98. The van der Waals surface area contributed by atoms with E-state index < -0.39 is 0 Å². The Morgan fingerprint density at radius 2 is 2.10 bits per heavy atom. The summed E-state index contributed by atoms with van der Waals surface area (Å²) in [6.07, 6.45) is 5.18. The van der Waals surface area contributed by atoms with Gasteiger partial charge in [0.15, 0.2) is 0 Å². The van der Waals surface area contributed by atoms with E-state index in [9.17, 15) is 0 Å². The van der Waals surface area contributed by atoms with Crippen LogP contribution >= 0.6 is 12.6 Å². The van der Waals surface area contributed by atoms with Crippen molar-refractivity contribution in [3.8, 4) is 11.4 Å². The van der Waals surface area contributed by atoms with Crippen LogP contribution in [0.1, 0.15) is 11.4 Å². The topological polar surface area (TPSA) is 27.1 Å². The maximum Gasteiger partial charge on any atom is 0.140 e. The summed E-state index contributed by atoms with van der Waals surface area (Å²) in [6.45, 7) is 11.4. The molecule has 0 amide bonds. The zero-order valence-corrected chi connectivity index (χ0v) is 13.1.